The van der Waals surface area contributed by atoms with E-state index in [1.165, 1.54) is 5.56 Å². The lowest BCUT2D eigenvalue weighted by Gasteiger charge is -2.25. The zero-order chi connectivity index (χ0) is 11.6. The SMILES string of the molecule is C[C@@H]1CN(Cc2ccccc2)C[C@]1(C)CO. The van der Waals surface area contributed by atoms with Crippen LogP contribution in [0.15, 0.2) is 30.3 Å². The number of aliphatic hydroxyl groups is 1. The second kappa shape index (κ2) is 4.56. The van der Waals surface area contributed by atoms with Gasteiger partial charge in [0, 0.05) is 31.7 Å². The molecule has 0 radical (unpaired) electrons. The molecular weight excluding hydrogens is 198 g/mol. The third-order valence-corrected chi connectivity index (χ3v) is 3.92. The van der Waals surface area contributed by atoms with E-state index in [4.69, 9.17) is 0 Å². The Morgan fingerprint density at radius 1 is 1.38 bits per heavy atom. The highest BCUT2D eigenvalue weighted by molar-refractivity contribution is 5.15. The quantitative estimate of drug-likeness (QED) is 0.842. The zero-order valence-electron chi connectivity index (χ0n) is 10.2. The Morgan fingerprint density at radius 3 is 2.62 bits per heavy atom. The standard InChI is InChI=1S/C14H21NO/c1-12-8-15(10-14(12,2)11-16)9-13-6-4-3-5-7-13/h3-7,12,16H,8-11H2,1-2H3/t12-,14-/m1/s1. The van der Waals surface area contributed by atoms with Crippen LogP contribution in [0, 0.1) is 11.3 Å². The second-order valence-corrected chi connectivity index (χ2v) is 5.37. The van der Waals surface area contributed by atoms with Gasteiger partial charge in [0.15, 0.2) is 0 Å². The molecule has 1 fully saturated rings. The Balaban J connectivity index is 1.99. The van der Waals surface area contributed by atoms with Crippen molar-refractivity contribution in [3.05, 3.63) is 35.9 Å². The summed E-state index contributed by atoms with van der Waals surface area (Å²) in [5, 5.41) is 9.45. The lowest BCUT2D eigenvalue weighted by atomic mass is 9.82. The number of hydrogen-bond acceptors (Lipinski definition) is 2. The van der Waals surface area contributed by atoms with Crippen molar-refractivity contribution in [2.75, 3.05) is 19.7 Å². The van der Waals surface area contributed by atoms with E-state index in [1.807, 2.05) is 6.07 Å². The maximum absolute atomic E-state index is 9.45. The molecule has 0 saturated carbocycles. The van der Waals surface area contributed by atoms with Gasteiger partial charge >= 0.3 is 0 Å². The van der Waals surface area contributed by atoms with Crippen LogP contribution in [0.1, 0.15) is 19.4 Å². The van der Waals surface area contributed by atoms with Crippen LogP contribution in [0.3, 0.4) is 0 Å². The number of nitrogens with zero attached hydrogens (tertiary/aromatic N) is 1. The summed E-state index contributed by atoms with van der Waals surface area (Å²) < 4.78 is 0. The molecule has 0 spiro atoms. The fourth-order valence-electron chi connectivity index (χ4n) is 2.51. The summed E-state index contributed by atoms with van der Waals surface area (Å²) >= 11 is 0. The number of aliphatic hydroxyl groups excluding tert-OH is 1. The summed E-state index contributed by atoms with van der Waals surface area (Å²) in [6.45, 7) is 7.80. The first-order valence-corrected chi connectivity index (χ1v) is 6.01. The average molecular weight is 219 g/mol. The molecule has 0 amide bonds. The normalized spacial score (nSPS) is 30.8. The average Bonchev–Trinajstić information content (AvgIpc) is 2.56. The van der Waals surface area contributed by atoms with Gasteiger partial charge in [-0.05, 0) is 11.5 Å². The molecule has 1 heterocycles. The van der Waals surface area contributed by atoms with Gasteiger partial charge in [-0.1, -0.05) is 44.2 Å². The van der Waals surface area contributed by atoms with Crippen molar-refractivity contribution in [2.45, 2.75) is 20.4 Å². The van der Waals surface area contributed by atoms with Crippen LogP contribution < -0.4 is 0 Å². The third-order valence-electron chi connectivity index (χ3n) is 3.92. The summed E-state index contributed by atoms with van der Waals surface area (Å²) in [6.07, 6.45) is 0. The topological polar surface area (TPSA) is 23.5 Å². The summed E-state index contributed by atoms with van der Waals surface area (Å²) in [5.41, 5.74) is 1.44. The van der Waals surface area contributed by atoms with Crippen molar-refractivity contribution in [3.8, 4) is 0 Å². The van der Waals surface area contributed by atoms with Crippen LogP contribution in [-0.2, 0) is 6.54 Å². The van der Waals surface area contributed by atoms with E-state index in [9.17, 15) is 5.11 Å². The smallest absolute Gasteiger partial charge is 0.0500 e. The molecule has 16 heavy (non-hydrogen) atoms. The molecule has 2 rings (SSSR count). The molecule has 1 saturated heterocycles. The minimum absolute atomic E-state index is 0.0782. The summed E-state index contributed by atoms with van der Waals surface area (Å²) in [7, 11) is 0. The molecule has 1 aliphatic rings. The Morgan fingerprint density at radius 2 is 2.06 bits per heavy atom. The van der Waals surface area contributed by atoms with E-state index < -0.39 is 0 Å². The minimum Gasteiger partial charge on any atom is -0.396 e. The molecule has 2 heteroatoms. The highest BCUT2D eigenvalue weighted by Gasteiger charge is 2.39. The van der Waals surface area contributed by atoms with Gasteiger partial charge in [0.2, 0.25) is 0 Å². The predicted octanol–water partition coefficient (Wildman–Crippen LogP) is 2.14. The van der Waals surface area contributed by atoms with Gasteiger partial charge in [-0.2, -0.15) is 0 Å². The number of rotatable bonds is 3. The summed E-state index contributed by atoms with van der Waals surface area (Å²) in [6, 6.07) is 10.5. The van der Waals surface area contributed by atoms with E-state index in [0.717, 1.165) is 19.6 Å². The van der Waals surface area contributed by atoms with Crippen molar-refractivity contribution in [1.29, 1.82) is 0 Å². The van der Waals surface area contributed by atoms with Gasteiger partial charge in [0.05, 0.1) is 0 Å². The molecule has 1 aromatic carbocycles. The number of likely N-dealkylation sites (tertiary alicyclic amines) is 1. The second-order valence-electron chi connectivity index (χ2n) is 5.37. The van der Waals surface area contributed by atoms with Crippen LogP contribution in [0.2, 0.25) is 0 Å². The van der Waals surface area contributed by atoms with E-state index in [2.05, 4.69) is 43.0 Å². The lowest BCUT2D eigenvalue weighted by Crippen LogP contribution is -2.30. The molecule has 1 aromatic rings. The van der Waals surface area contributed by atoms with Crippen LogP contribution >= 0.6 is 0 Å². The fraction of sp³-hybridized carbons (Fsp3) is 0.571. The molecule has 0 aromatic heterocycles. The fourth-order valence-corrected chi connectivity index (χ4v) is 2.51. The maximum Gasteiger partial charge on any atom is 0.0500 e. The Bertz CT molecular complexity index is 338. The van der Waals surface area contributed by atoms with Crippen LogP contribution in [0.5, 0.6) is 0 Å². The lowest BCUT2D eigenvalue weighted by molar-refractivity contribution is 0.117. The van der Waals surface area contributed by atoms with Crippen molar-refractivity contribution >= 4 is 0 Å². The van der Waals surface area contributed by atoms with Crippen molar-refractivity contribution < 1.29 is 5.11 Å². The van der Waals surface area contributed by atoms with Gasteiger partial charge in [-0.15, -0.1) is 0 Å². The minimum atomic E-state index is 0.0782. The van der Waals surface area contributed by atoms with E-state index in [1.54, 1.807) is 0 Å². The first kappa shape index (κ1) is 11.6. The molecule has 0 bridgehead atoms. The van der Waals surface area contributed by atoms with Crippen molar-refractivity contribution in [2.24, 2.45) is 11.3 Å². The highest BCUT2D eigenvalue weighted by Crippen LogP contribution is 2.35. The monoisotopic (exact) mass is 219 g/mol. The van der Waals surface area contributed by atoms with Crippen molar-refractivity contribution in [1.82, 2.24) is 4.90 Å². The molecule has 1 aliphatic heterocycles. The van der Waals surface area contributed by atoms with E-state index in [-0.39, 0.29) is 5.41 Å². The first-order chi connectivity index (χ1) is 7.64. The Hall–Kier alpha value is -0.860. The summed E-state index contributed by atoms with van der Waals surface area (Å²) in [5.74, 6) is 0.571. The van der Waals surface area contributed by atoms with Crippen molar-refractivity contribution in [3.63, 3.8) is 0 Å². The number of benzene rings is 1. The Labute approximate surface area is 97.9 Å². The molecule has 2 nitrogen and oxygen atoms in total. The number of hydrogen-bond donors (Lipinski definition) is 1. The van der Waals surface area contributed by atoms with Gasteiger partial charge in [0.1, 0.15) is 0 Å². The van der Waals surface area contributed by atoms with Gasteiger partial charge in [0.25, 0.3) is 0 Å². The molecular formula is C14H21NO. The molecule has 88 valence electrons. The van der Waals surface area contributed by atoms with Crippen LogP contribution in [-0.4, -0.2) is 29.7 Å². The summed E-state index contributed by atoms with van der Waals surface area (Å²) in [4.78, 5) is 2.44. The largest absolute Gasteiger partial charge is 0.396 e. The zero-order valence-corrected chi connectivity index (χ0v) is 10.2. The molecule has 2 atom stereocenters. The van der Waals surface area contributed by atoms with Crippen LogP contribution in [0.4, 0.5) is 0 Å². The maximum atomic E-state index is 9.45. The van der Waals surface area contributed by atoms with Gasteiger partial charge in [-0.3, -0.25) is 4.90 Å². The molecule has 0 aliphatic carbocycles. The third kappa shape index (κ3) is 2.28. The van der Waals surface area contributed by atoms with E-state index >= 15 is 0 Å². The Kier molecular flexibility index (Phi) is 3.31. The highest BCUT2D eigenvalue weighted by atomic mass is 16.3. The molecule has 1 N–H and O–H groups in total. The molecule has 0 unspecified atom stereocenters. The predicted molar refractivity (Wildman–Crippen MR) is 66.1 cm³/mol. The van der Waals surface area contributed by atoms with Crippen LogP contribution in [0.25, 0.3) is 0 Å². The first-order valence-electron chi connectivity index (χ1n) is 6.01. The van der Waals surface area contributed by atoms with Gasteiger partial charge < -0.3 is 5.11 Å². The van der Waals surface area contributed by atoms with Gasteiger partial charge in [-0.25, -0.2) is 0 Å². The van der Waals surface area contributed by atoms with E-state index in [0.29, 0.717) is 12.5 Å².